The Morgan fingerprint density at radius 1 is 0.952 bits per heavy atom. The summed E-state index contributed by atoms with van der Waals surface area (Å²) in [4.78, 5) is 13.4. The summed E-state index contributed by atoms with van der Waals surface area (Å²) < 4.78 is 25.6. The van der Waals surface area contributed by atoms with Gasteiger partial charge in [0.1, 0.15) is 11.6 Å². The SMILES string of the molecule is CN(Cc1ccc(F)cc1)C(=O)NCc1ccc(F)cc1. The number of urea groups is 1. The zero-order valence-electron chi connectivity index (χ0n) is 11.6. The van der Waals surface area contributed by atoms with Gasteiger partial charge in [-0.3, -0.25) is 0 Å². The van der Waals surface area contributed by atoms with E-state index in [1.165, 1.54) is 29.2 Å². The van der Waals surface area contributed by atoms with E-state index in [1.807, 2.05) is 0 Å². The molecular formula is C16H16F2N2O. The molecule has 2 rings (SSSR count). The fraction of sp³-hybridized carbons (Fsp3) is 0.188. The first-order chi connectivity index (χ1) is 10.0. The quantitative estimate of drug-likeness (QED) is 0.920. The Bertz CT molecular complexity index is 597. The summed E-state index contributed by atoms with van der Waals surface area (Å²) in [5.41, 5.74) is 1.66. The summed E-state index contributed by atoms with van der Waals surface area (Å²) in [7, 11) is 1.66. The van der Waals surface area contributed by atoms with E-state index in [2.05, 4.69) is 5.32 Å². The van der Waals surface area contributed by atoms with Gasteiger partial charge in [0.15, 0.2) is 0 Å². The standard InChI is InChI=1S/C16H16F2N2O/c1-20(11-13-4-8-15(18)9-5-13)16(21)19-10-12-2-6-14(17)7-3-12/h2-9H,10-11H2,1H3,(H,19,21). The smallest absolute Gasteiger partial charge is 0.317 e. The molecule has 1 N–H and O–H groups in total. The molecule has 2 aromatic rings. The molecule has 0 unspecified atom stereocenters. The van der Waals surface area contributed by atoms with Crippen LogP contribution < -0.4 is 5.32 Å². The second kappa shape index (κ2) is 6.83. The van der Waals surface area contributed by atoms with Crippen LogP contribution in [0.15, 0.2) is 48.5 Å². The van der Waals surface area contributed by atoms with Gasteiger partial charge in [-0.15, -0.1) is 0 Å². The van der Waals surface area contributed by atoms with Crippen LogP contribution in [0.1, 0.15) is 11.1 Å². The summed E-state index contributed by atoms with van der Waals surface area (Å²) in [6.07, 6.45) is 0. The maximum atomic E-state index is 12.8. The van der Waals surface area contributed by atoms with Crippen molar-refractivity contribution in [3.63, 3.8) is 0 Å². The number of nitrogens with zero attached hydrogens (tertiary/aromatic N) is 1. The average Bonchev–Trinajstić information content (AvgIpc) is 2.48. The van der Waals surface area contributed by atoms with E-state index in [0.717, 1.165) is 11.1 Å². The molecule has 0 fully saturated rings. The largest absolute Gasteiger partial charge is 0.334 e. The first-order valence-electron chi connectivity index (χ1n) is 6.52. The van der Waals surface area contributed by atoms with Crippen LogP contribution in [-0.2, 0) is 13.1 Å². The average molecular weight is 290 g/mol. The second-order valence-corrected chi connectivity index (χ2v) is 4.77. The molecule has 0 saturated carbocycles. The fourth-order valence-electron chi connectivity index (χ4n) is 1.85. The van der Waals surface area contributed by atoms with Crippen LogP contribution in [0, 0.1) is 11.6 Å². The van der Waals surface area contributed by atoms with Crippen LogP contribution in [0.4, 0.5) is 13.6 Å². The number of carbonyl (C=O) groups excluding carboxylic acids is 1. The summed E-state index contributed by atoms with van der Waals surface area (Å²) in [5.74, 6) is -0.610. The highest BCUT2D eigenvalue weighted by molar-refractivity contribution is 5.73. The van der Waals surface area contributed by atoms with Gasteiger partial charge in [-0.25, -0.2) is 13.6 Å². The molecule has 0 spiro atoms. The second-order valence-electron chi connectivity index (χ2n) is 4.77. The molecule has 2 amide bonds. The minimum atomic E-state index is -0.307. The van der Waals surface area contributed by atoms with Gasteiger partial charge in [0.2, 0.25) is 0 Å². The van der Waals surface area contributed by atoms with E-state index in [1.54, 1.807) is 31.3 Å². The minimum Gasteiger partial charge on any atom is -0.334 e. The highest BCUT2D eigenvalue weighted by atomic mass is 19.1. The number of halogens is 2. The van der Waals surface area contributed by atoms with Gasteiger partial charge in [0.25, 0.3) is 0 Å². The Kier molecular flexibility index (Phi) is 4.87. The molecule has 0 radical (unpaired) electrons. The fourth-order valence-corrected chi connectivity index (χ4v) is 1.85. The lowest BCUT2D eigenvalue weighted by molar-refractivity contribution is 0.206. The van der Waals surface area contributed by atoms with Gasteiger partial charge in [0, 0.05) is 20.1 Å². The Morgan fingerprint density at radius 2 is 1.43 bits per heavy atom. The predicted octanol–water partition coefficient (Wildman–Crippen LogP) is 3.31. The monoisotopic (exact) mass is 290 g/mol. The van der Waals surface area contributed by atoms with Crippen molar-refractivity contribution in [2.24, 2.45) is 0 Å². The molecule has 0 aliphatic rings. The first kappa shape index (κ1) is 15.0. The molecule has 0 heterocycles. The molecular weight excluding hydrogens is 274 g/mol. The van der Waals surface area contributed by atoms with Crippen molar-refractivity contribution in [2.45, 2.75) is 13.1 Å². The topological polar surface area (TPSA) is 32.3 Å². The number of carbonyl (C=O) groups is 1. The number of hydrogen-bond donors (Lipinski definition) is 1. The number of nitrogens with one attached hydrogen (secondary N) is 1. The number of hydrogen-bond acceptors (Lipinski definition) is 1. The lowest BCUT2D eigenvalue weighted by Gasteiger charge is -2.18. The molecule has 5 heteroatoms. The van der Waals surface area contributed by atoms with E-state index in [4.69, 9.17) is 0 Å². The molecule has 0 aliphatic heterocycles. The zero-order chi connectivity index (χ0) is 15.2. The maximum absolute atomic E-state index is 12.8. The van der Waals surface area contributed by atoms with Gasteiger partial charge < -0.3 is 10.2 Å². The summed E-state index contributed by atoms with van der Waals surface area (Å²) in [6, 6.07) is 11.7. The summed E-state index contributed by atoms with van der Waals surface area (Å²) >= 11 is 0. The van der Waals surface area contributed by atoms with Crippen LogP contribution in [0.25, 0.3) is 0 Å². The first-order valence-corrected chi connectivity index (χ1v) is 6.52. The van der Waals surface area contributed by atoms with Crippen molar-refractivity contribution < 1.29 is 13.6 Å². The lowest BCUT2D eigenvalue weighted by Crippen LogP contribution is -2.36. The molecule has 0 aromatic heterocycles. The van der Waals surface area contributed by atoms with Gasteiger partial charge in [-0.05, 0) is 35.4 Å². The van der Waals surface area contributed by atoms with E-state index >= 15 is 0 Å². The summed E-state index contributed by atoms with van der Waals surface area (Å²) in [6.45, 7) is 0.711. The molecule has 110 valence electrons. The molecule has 0 saturated heterocycles. The van der Waals surface area contributed by atoms with Gasteiger partial charge in [0.05, 0.1) is 0 Å². The van der Waals surface area contributed by atoms with E-state index in [-0.39, 0.29) is 17.7 Å². The zero-order valence-corrected chi connectivity index (χ0v) is 11.6. The maximum Gasteiger partial charge on any atom is 0.317 e. The highest BCUT2D eigenvalue weighted by Gasteiger charge is 2.08. The van der Waals surface area contributed by atoms with E-state index in [9.17, 15) is 13.6 Å². The minimum absolute atomic E-state index is 0.247. The molecule has 3 nitrogen and oxygen atoms in total. The Morgan fingerprint density at radius 3 is 1.95 bits per heavy atom. The van der Waals surface area contributed by atoms with Crippen molar-refractivity contribution >= 4 is 6.03 Å². The lowest BCUT2D eigenvalue weighted by atomic mass is 10.2. The van der Waals surface area contributed by atoms with Crippen molar-refractivity contribution in [3.8, 4) is 0 Å². The third-order valence-corrected chi connectivity index (χ3v) is 3.04. The van der Waals surface area contributed by atoms with Gasteiger partial charge in [-0.2, -0.15) is 0 Å². The number of rotatable bonds is 4. The van der Waals surface area contributed by atoms with Crippen molar-refractivity contribution in [2.75, 3.05) is 7.05 Å². The molecule has 21 heavy (non-hydrogen) atoms. The van der Waals surface area contributed by atoms with Gasteiger partial charge in [-0.1, -0.05) is 24.3 Å². The third-order valence-electron chi connectivity index (χ3n) is 3.04. The Hall–Kier alpha value is -2.43. The van der Waals surface area contributed by atoms with E-state index in [0.29, 0.717) is 13.1 Å². The van der Waals surface area contributed by atoms with E-state index < -0.39 is 0 Å². The van der Waals surface area contributed by atoms with Crippen molar-refractivity contribution in [3.05, 3.63) is 71.3 Å². The molecule has 0 aliphatic carbocycles. The normalized spacial score (nSPS) is 10.2. The molecule has 0 bridgehead atoms. The predicted molar refractivity (Wildman–Crippen MR) is 76.5 cm³/mol. The van der Waals surface area contributed by atoms with Crippen LogP contribution in [-0.4, -0.2) is 18.0 Å². The number of benzene rings is 2. The Balaban J connectivity index is 1.84. The van der Waals surface area contributed by atoms with Crippen molar-refractivity contribution in [1.82, 2.24) is 10.2 Å². The van der Waals surface area contributed by atoms with Crippen LogP contribution in [0.5, 0.6) is 0 Å². The molecule has 0 atom stereocenters. The highest BCUT2D eigenvalue weighted by Crippen LogP contribution is 2.06. The van der Waals surface area contributed by atoms with Crippen LogP contribution in [0.3, 0.4) is 0 Å². The third kappa shape index (κ3) is 4.56. The Labute approximate surface area is 122 Å². The van der Waals surface area contributed by atoms with Crippen molar-refractivity contribution in [1.29, 1.82) is 0 Å². The van der Waals surface area contributed by atoms with Gasteiger partial charge >= 0.3 is 6.03 Å². The van der Waals surface area contributed by atoms with Crippen LogP contribution >= 0.6 is 0 Å². The summed E-state index contributed by atoms with van der Waals surface area (Å²) in [5, 5.41) is 2.74. The molecule has 2 aromatic carbocycles. The number of amides is 2. The van der Waals surface area contributed by atoms with Crippen LogP contribution in [0.2, 0.25) is 0 Å².